The second kappa shape index (κ2) is 7.83. The van der Waals surface area contributed by atoms with Gasteiger partial charge in [0.1, 0.15) is 0 Å². The van der Waals surface area contributed by atoms with Crippen LogP contribution in [0.3, 0.4) is 0 Å². The molecule has 2 aromatic carbocycles. The number of carbonyl (C=O) groups excluding carboxylic acids is 1. The molecule has 0 saturated carbocycles. The first-order valence-corrected chi connectivity index (χ1v) is 10.3. The van der Waals surface area contributed by atoms with E-state index in [0.717, 1.165) is 43.2 Å². The summed E-state index contributed by atoms with van der Waals surface area (Å²) in [4.78, 5) is 17.4. The van der Waals surface area contributed by atoms with Crippen LogP contribution in [-0.2, 0) is 17.8 Å². The molecule has 1 amide bonds. The molecule has 1 spiro atoms. The van der Waals surface area contributed by atoms with Crippen molar-refractivity contribution in [1.29, 1.82) is 0 Å². The maximum absolute atomic E-state index is 12.8. The molecular weight excluding hydrogens is 379 g/mol. The number of carbonyl (C=O) groups is 1. The zero-order valence-corrected chi connectivity index (χ0v) is 16.8. The quantitative estimate of drug-likeness (QED) is 0.732. The molecule has 2 aromatic rings. The Hall–Kier alpha value is -1.55. The highest BCUT2D eigenvalue weighted by molar-refractivity contribution is 6.30. The van der Waals surface area contributed by atoms with E-state index in [9.17, 15) is 4.79 Å². The van der Waals surface area contributed by atoms with Crippen molar-refractivity contribution < 1.29 is 4.79 Å². The molecule has 1 unspecified atom stereocenters. The molecule has 4 rings (SSSR count). The molecule has 2 heterocycles. The van der Waals surface area contributed by atoms with Crippen LogP contribution in [0.2, 0.25) is 10.0 Å². The van der Waals surface area contributed by atoms with Gasteiger partial charge in [0.15, 0.2) is 0 Å². The maximum Gasteiger partial charge on any atom is 0.227 e. The highest BCUT2D eigenvalue weighted by atomic mass is 35.5. The predicted molar refractivity (Wildman–Crippen MR) is 110 cm³/mol. The van der Waals surface area contributed by atoms with Gasteiger partial charge in [0, 0.05) is 35.2 Å². The minimum atomic E-state index is 0.134. The van der Waals surface area contributed by atoms with Gasteiger partial charge in [-0.3, -0.25) is 9.69 Å². The SMILES string of the molecule is O=C(Cc1ccc(Cl)cc1)N1CCC2(CCCN2Cc2ccc(Cl)cc2)C1. The summed E-state index contributed by atoms with van der Waals surface area (Å²) in [6.45, 7) is 3.72. The Balaban J connectivity index is 1.41. The normalized spacial score (nSPS) is 22.7. The third-order valence-corrected chi connectivity index (χ3v) is 6.49. The summed E-state index contributed by atoms with van der Waals surface area (Å²) in [7, 11) is 0. The fourth-order valence-corrected chi connectivity index (χ4v) is 4.72. The van der Waals surface area contributed by atoms with Gasteiger partial charge in [-0.25, -0.2) is 0 Å². The van der Waals surface area contributed by atoms with Crippen molar-refractivity contribution in [2.24, 2.45) is 0 Å². The topological polar surface area (TPSA) is 23.6 Å². The molecule has 27 heavy (non-hydrogen) atoms. The second-order valence-electron chi connectivity index (χ2n) is 7.74. The van der Waals surface area contributed by atoms with E-state index < -0.39 is 0 Å². The van der Waals surface area contributed by atoms with E-state index in [1.807, 2.05) is 36.4 Å². The van der Waals surface area contributed by atoms with Gasteiger partial charge < -0.3 is 4.90 Å². The van der Waals surface area contributed by atoms with E-state index >= 15 is 0 Å². The van der Waals surface area contributed by atoms with Crippen LogP contribution in [0.5, 0.6) is 0 Å². The first kappa shape index (κ1) is 18.8. The van der Waals surface area contributed by atoms with E-state index in [1.165, 1.54) is 18.4 Å². The number of benzene rings is 2. The van der Waals surface area contributed by atoms with Gasteiger partial charge in [-0.1, -0.05) is 47.5 Å². The second-order valence-corrected chi connectivity index (χ2v) is 8.62. The van der Waals surface area contributed by atoms with Gasteiger partial charge in [0.25, 0.3) is 0 Å². The third-order valence-electron chi connectivity index (χ3n) is 5.98. The van der Waals surface area contributed by atoms with Crippen LogP contribution in [0, 0.1) is 0 Å². The lowest BCUT2D eigenvalue weighted by Crippen LogP contribution is -2.46. The fourth-order valence-electron chi connectivity index (χ4n) is 4.47. The lowest BCUT2D eigenvalue weighted by Gasteiger charge is -2.35. The third kappa shape index (κ3) is 4.16. The molecule has 0 bridgehead atoms. The summed E-state index contributed by atoms with van der Waals surface area (Å²) in [5.41, 5.74) is 2.44. The molecule has 2 saturated heterocycles. The lowest BCUT2D eigenvalue weighted by molar-refractivity contribution is -0.129. The molecule has 2 aliphatic rings. The smallest absolute Gasteiger partial charge is 0.227 e. The standard InChI is InChI=1S/C22H24Cl2N2O/c23-19-6-2-17(3-7-19)14-21(27)25-13-11-22(16-25)10-1-12-26(22)15-18-4-8-20(24)9-5-18/h2-9H,1,10-16H2. The average molecular weight is 403 g/mol. The Morgan fingerprint density at radius 3 is 2.19 bits per heavy atom. The molecule has 5 heteroatoms. The van der Waals surface area contributed by atoms with Gasteiger partial charge in [0.05, 0.1) is 6.42 Å². The lowest BCUT2D eigenvalue weighted by atomic mass is 9.94. The molecule has 0 radical (unpaired) electrons. The number of hydrogen-bond donors (Lipinski definition) is 0. The zero-order chi connectivity index (χ0) is 18.9. The van der Waals surface area contributed by atoms with E-state index in [4.69, 9.17) is 23.2 Å². The van der Waals surface area contributed by atoms with Gasteiger partial charge in [-0.05, 0) is 61.2 Å². The van der Waals surface area contributed by atoms with Crippen LogP contribution in [0.4, 0.5) is 0 Å². The molecule has 0 N–H and O–H groups in total. The van der Waals surface area contributed by atoms with E-state index in [-0.39, 0.29) is 11.4 Å². The van der Waals surface area contributed by atoms with Crippen LogP contribution in [0.15, 0.2) is 48.5 Å². The van der Waals surface area contributed by atoms with Crippen LogP contribution in [0.1, 0.15) is 30.4 Å². The van der Waals surface area contributed by atoms with Gasteiger partial charge >= 0.3 is 0 Å². The van der Waals surface area contributed by atoms with Crippen LogP contribution >= 0.6 is 23.2 Å². The molecule has 2 aliphatic heterocycles. The van der Waals surface area contributed by atoms with Crippen molar-refractivity contribution in [3.05, 3.63) is 69.7 Å². The highest BCUT2D eigenvalue weighted by Crippen LogP contribution is 2.38. The number of nitrogens with zero attached hydrogens (tertiary/aromatic N) is 2. The summed E-state index contributed by atoms with van der Waals surface area (Å²) in [6.07, 6.45) is 3.88. The largest absolute Gasteiger partial charge is 0.340 e. The van der Waals surface area contributed by atoms with Gasteiger partial charge in [-0.2, -0.15) is 0 Å². The molecule has 1 atom stereocenters. The van der Waals surface area contributed by atoms with Crippen molar-refractivity contribution in [1.82, 2.24) is 9.80 Å². The summed E-state index contributed by atoms with van der Waals surface area (Å²) in [5.74, 6) is 0.215. The van der Waals surface area contributed by atoms with Crippen molar-refractivity contribution in [2.75, 3.05) is 19.6 Å². The minimum absolute atomic E-state index is 0.134. The van der Waals surface area contributed by atoms with Crippen molar-refractivity contribution in [3.63, 3.8) is 0 Å². The Morgan fingerprint density at radius 1 is 0.889 bits per heavy atom. The maximum atomic E-state index is 12.8. The van der Waals surface area contributed by atoms with Crippen molar-refractivity contribution >= 4 is 29.1 Å². The molecule has 3 nitrogen and oxygen atoms in total. The molecule has 0 aliphatic carbocycles. The Labute approximate surface area is 170 Å². The number of amides is 1. The number of hydrogen-bond acceptors (Lipinski definition) is 2. The minimum Gasteiger partial charge on any atom is -0.340 e. The average Bonchev–Trinajstić information content (AvgIpc) is 3.27. The first-order chi connectivity index (χ1) is 13.0. The number of halogens is 2. The fraction of sp³-hybridized carbons (Fsp3) is 0.409. The van der Waals surface area contributed by atoms with Gasteiger partial charge in [-0.15, -0.1) is 0 Å². The highest BCUT2D eigenvalue weighted by Gasteiger charge is 2.46. The number of rotatable bonds is 4. The Bertz CT molecular complexity index is 806. The van der Waals surface area contributed by atoms with Crippen molar-refractivity contribution in [3.8, 4) is 0 Å². The van der Waals surface area contributed by atoms with Crippen LogP contribution < -0.4 is 0 Å². The van der Waals surface area contributed by atoms with E-state index in [1.54, 1.807) is 0 Å². The summed E-state index contributed by atoms with van der Waals surface area (Å²) >= 11 is 12.0. The van der Waals surface area contributed by atoms with E-state index in [0.29, 0.717) is 11.4 Å². The zero-order valence-electron chi connectivity index (χ0n) is 15.3. The first-order valence-electron chi connectivity index (χ1n) is 9.56. The van der Waals surface area contributed by atoms with Crippen LogP contribution in [0.25, 0.3) is 0 Å². The number of likely N-dealkylation sites (tertiary alicyclic amines) is 2. The predicted octanol–water partition coefficient (Wildman–Crippen LogP) is 4.80. The van der Waals surface area contributed by atoms with Crippen LogP contribution in [-0.4, -0.2) is 40.9 Å². The van der Waals surface area contributed by atoms with Crippen molar-refractivity contribution in [2.45, 2.75) is 37.8 Å². The molecule has 2 fully saturated rings. The Morgan fingerprint density at radius 2 is 1.52 bits per heavy atom. The van der Waals surface area contributed by atoms with E-state index in [2.05, 4.69) is 21.9 Å². The molecule has 0 aromatic heterocycles. The molecular formula is C22H24Cl2N2O. The van der Waals surface area contributed by atoms with Gasteiger partial charge in [0.2, 0.25) is 5.91 Å². The molecule has 142 valence electrons. The Kier molecular flexibility index (Phi) is 5.45. The summed E-state index contributed by atoms with van der Waals surface area (Å²) in [6, 6.07) is 15.7. The summed E-state index contributed by atoms with van der Waals surface area (Å²) in [5, 5.41) is 1.48. The monoisotopic (exact) mass is 402 g/mol. The summed E-state index contributed by atoms with van der Waals surface area (Å²) < 4.78 is 0.